The molecule has 0 bridgehead atoms. The lowest BCUT2D eigenvalue weighted by Gasteiger charge is -2.48. The molecule has 6 rings (SSSR count). The first-order valence-electron chi connectivity index (χ1n) is 11.1. The van der Waals surface area contributed by atoms with E-state index in [1.807, 2.05) is 30.3 Å². The number of ether oxygens (including phenoxy) is 5. The maximum atomic E-state index is 6.51. The largest absolute Gasteiger partial charge is 0.496 e. The van der Waals surface area contributed by atoms with Crippen molar-refractivity contribution in [1.29, 1.82) is 0 Å². The van der Waals surface area contributed by atoms with Gasteiger partial charge in [0.2, 0.25) is 5.75 Å². The van der Waals surface area contributed by atoms with Crippen LogP contribution in [0.25, 0.3) is 16.5 Å². The van der Waals surface area contributed by atoms with Crippen LogP contribution < -0.4 is 18.9 Å². The summed E-state index contributed by atoms with van der Waals surface area (Å²) in [6.07, 6.45) is 3.34. The summed E-state index contributed by atoms with van der Waals surface area (Å²) in [6, 6.07) is 14.0. The fourth-order valence-electron chi connectivity index (χ4n) is 5.24. The number of para-hydroxylation sites is 1. The fourth-order valence-corrected chi connectivity index (χ4v) is 5.24. The van der Waals surface area contributed by atoms with Gasteiger partial charge >= 0.3 is 0 Å². The lowest BCUT2D eigenvalue weighted by Crippen LogP contribution is -2.54. The first-order valence-corrected chi connectivity index (χ1v) is 11.1. The molecule has 0 spiro atoms. The van der Waals surface area contributed by atoms with E-state index >= 15 is 0 Å². The summed E-state index contributed by atoms with van der Waals surface area (Å²) in [6.45, 7) is 0. The molecule has 0 aromatic heterocycles. The van der Waals surface area contributed by atoms with Crippen LogP contribution in [-0.2, 0) is 4.74 Å². The topological polar surface area (TPSA) is 46.2 Å². The average Bonchev–Trinajstić information content (AvgIpc) is 3.05. The minimum atomic E-state index is -0.126. The highest BCUT2D eigenvalue weighted by Crippen LogP contribution is 2.54. The predicted octanol–water partition coefficient (Wildman–Crippen LogP) is 5.30. The molecule has 5 heteroatoms. The summed E-state index contributed by atoms with van der Waals surface area (Å²) >= 11 is 0. The van der Waals surface area contributed by atoms with Gasteiger partial charge in [-0.1, -0.05) is 30.0 Å². The van der Waals surface area contributed by atoms with E-state index in [1.165, 1.54) is 0 Å². The Balaban J connectivity index is 1.55. The van der Waals surface area contributed by atoms with Gasteiger partial charge in [-0.3, -0.25) is 0 Å². The van der Waals surface area contributed by atoms with Gasteiger partial charge in [0.1, 0.15) is 23.7 Å². The van der Waals surface area contributed by atoms with Crippen molar-refractivity contribution in [2.75, 3.05) is 21.3 Å². The quantitative estimate of drug-likeness (QED) is 0.516. The first kappa shape index (κ1) is 19.9. The second-order valence-electron chi connectivity index (χ2n) is 8.42. The van der Waals surface area contributed by atoms with Crippen LogP contribution in [0.2, 0.25) is 0 Å². The van der Waals surface area contributed by atoms with Crippen LogP contribution in [0.3, 0.4) is 0 Å². The van der Waals surface area contributed by atoms with Gasteiger partial charge in [0, 0.05) is 28.9 Å². The predicted molar refractivity (Wildman–Crippen MR) is 126 cm³/mol. The highest BCUT2D eigenvalue weighted by molar-refractivity contribution is 5.97. The average molecular weight is 440 g/mol. The lowest BCUT2D eigenvalue weighted by molar-refractivity contribution is -0.0670. The van der Waals surface area contributed by atoms with Crippen molar-refractivity contribution in [2.45, 2.75) is 31.0 Å². The molecule has 3 unspecified atom stereocenters. The second-order valence-corrected chi connectivity index (χ2v) is 8.42. The number of benzene rings is 3. The molecule has 33 heavy (non-hydrogen) atoms. The number of allylic oxidation sites excluding steroid dienone is 1. The smallest absolute Gasteiger partial charge is 0.203 e. The van der Waals surface area contributed by atoms with Gasteiger partial charge in [0.25, 0.3) is 0 Å². The van der Waals surface area contributed by atoms with E-state index in [1.54, 1.807) is 21.3 Å². The van der Waals surface area contributed by atoms with Crippen molar-refractivity contribution in [3.05, 3.63) is 65.2 Å². The Bertz CT molecular complexity index is 1360. The minimum absolute atomic E-state index is 0.0498. The van der Waals surface area contributed by atoms with Crippen LogP contribution in [0.5, 0.6) is 23.0 Å². The molecule has 1 saturated carbocycles. The minimum Gasteiger partial charge on any atom is -0.496 e. The van der Waals surface area contributed by atoms with Gasteiger partial charge in [0.05, 0.1) is 21.3 Å². The number of hydrogen-bond acceptors (Lipinski definition) is 5. The highest BCUT2D eigenvalue weighted by Gasteiger charge is 2.51. The zero-order valence-electron chi connectivity index (χ0n) is 18.8. The van der Waals surface area contributed by atoms with Gasteiger partial charge in [-0.25, -0.2) is 0 Å². The lowest BCUT2D eigenvalue weighted by atomic mass is 9.70. The fraction of sp³-hybridized carbons (Fsp3) is 0.286. The van der Waals surface area contributed by atoms with Gasteiger partial charge in [-0.05, 0) is 47.7 Å². The molecule has 3 aromatic rings. The van der Waals surface area contributed by atoms with Crippen LogP contribution in [-0.4, -0.2) is 33.5 Å². The number of fused-ring (bicyclic) bond motifs is 4. The van der Waals surface area contributed by atoms with E-state index in [0.29, 0.717) is 23.7 Å². The Labute approximate surface area is 192 Å². The normalized spacial score (nSPS) is 21.9. The summed E-state index contributed by atoms with van der Waals surface area (Å²) in [5.41, 5.74) is 3.15. The summed E-state index contributed by atoms with van der Waals surface area (Å²) in [5, 5.41) is 2.17. The van der Waals surface area contributed by atoms with Crippen LogP contribution in [0, 0.1) is 11.8 Å². The Hall–Kier alpha value is -3.78. The molecule has 0 amide bonds. The van der Waals surface area contributed by atoms with Crippen molar-refractivity contribution >= 4 is 16.5 Å². The van der Waals surface area contributed by atoms with Crippen molar-refractivity contribution in [3.63, 3.8) is 0 Å². The van der Waals surface area contributed by atoms with E-state index < -0.39 is 0 Å². The third-order valence-corrected chi connectivity index (χ3v) is 6.78. The molecule has 5 nitrogen and oxygen atoms in total. The molecule has 2 aliphatic carbocycles. The van der Waals surface area contributed by atoms with E-state index in [0.717, 1.165) is 45.4 Å². The van der Waals surface area contributed by atoms with Gasteiger partial charge in [0.15, 0.2) is 11.5 Å². The SMILES string of the molecule is COC1=CCC#Cc2cc3cccc(OC)c3c(C3CC4Oc5c(OC)cccc5OC43)c21. The zero-order valence-corrected chi connectivity index (χ0v) is 18.8. The van der Waals surface area contributed by atoms with Crippen LogP contribution >= 0.6 is 0 Å². The monoisotopic (exact) mass is 440 g/mol. The number of hydrogen-bond donors (Lipinski definition) is 0. The zero-order chi connectivity index (χ0) is 22.5. The summed E-state index contributed by atoms with van der Waals surface area (Å²) in [5.74, 6) is 10.4. The molecule has 0 saturated heterocycles. The van der Waals surface area contributed by atoms with Crippen molar-refractivity contribution in [1.82, 2.24) is 0 Å². The van der Waals surface area contributed by atoms with Crippen molar-refractivity contribution in [3.8, 4) is 34.8 Å². The molecule has 1 fully saturated rings. The molecular formula is C28H24O5. The number of methoxy groups -OCH3 is 3. The molecule has 1 heterocycles. The van der Waals surface area contributed by atoms with Crippen molar-refractivity contribution in [2.24, 2.45) is 0 Å². The standard InChI is InChI=1S/C28H24O5/c1-29-19-10-5-4-8-16-14-17-9-6-11-20(30-2)25(17)26(24(16)19)18-15-23-27(18)32-22-13-7-12-21(31-3)28(22)33-23/h6-7,9-14,18,23,27H,5,15H2,1-3H3. The van der Waals surface area contributed by atoms with Gasteiger partial charge < -0.3 is 23.7 Å². The van der Waals surface area contributed by atoms with Crippen molar-refractivity contribution < 1.29 is 23.7 Å². The maximum Gasteiger partial charge on any atom is 0.203 e. The molecule has 3 atom stereocenters. The Morgan fingerprint density at radius 2 is 1.76 bits per heavy atom. The molecule has 1 aliphatic heterocycles. The molecule has 0 radical (unpaired) electrons. The van der Waals surface area contributed by atoms with Crippen LogP contribution in [0.4, 0.5) is 0 Å². The van der Waals surface area contributed by atoms with E-state index in [2.05, 4.69) is 30.0 Å². The van der Waals surface area contributed by atoms with Crippen LogP contribution in [0.1, 0.15) is 35.4 Å². The summed E-state index contributed by atoms with van der Waals surface area (Å²) in [7, 11) is 5.07. The number of rotatable bonds is 4. The molecule has 3 aliphatic rings. The molecule has 3 aromatic carbocycles. The second kappa shape index (κ2) is 7.67. The Morgan fingerprint density at radius 3 is 2.58 bits per heavy atom. The van der Waals surface area contributed by atoms with E-state index in [9.17, 15) is 0 Å². The maximum absolute atomic E-state index is 6.51. The van der Waals surface area contributed by atoms with E-state index in [4.69, 9.17) is 23.7 Å². The Kier molecular flexibility index (Phi) is 4.62. The highest BCUT2D eigenvalue weighted by atomic mass is 16.6. The van der Waals surface area contributed by atoms with Crippen LogP contribution in [0.15, 0.2) is 48.5 Å². The van der Waals surface area contributed by atoms with Gasteiger partial charge in [-0.2, -0.15) is 0 Å². The third kappa shape index (κ3) is 2.94. The molecular weight excluding hydrogens is 416 g/mol. The third-order valence-electron chi connectivity index (χ3n) is 6.78. The molecule has 166 valence electrons. The Morgan fingerprint density at radius 1 is 0.939 bits per heavy atom. The summed E-state index contributed by atoms with van der Waals surface area (Å²) in [4.78, 5) is 0. The van der Waals surface area contributed by atoms with E-state index in [-0.39, 0.29) is 18.1 Å². The summed E-state index contributed by atoms with van der Waals surface area (Å²) < 4.78 is 30.0. The molecule has 0 N–H and O–H groups in total. The first-order chi connectivity index (χ1) is 16.2. The van der Waals surface area contributed by atoms with Gasteiger partial charge in [-0.15, -0.1) is 0 Å².